The first-order valence-corrected chi connectivity index (χ1v) is 22.9. The molecule has 0 saturated carbocycles. The number of unbranched alkanes of at least 4 members (excludes halogenated alkanes) is 20. The molecule has 0 unspecified atom stereocenters. The molecule has 0 aromatic rings. The van der Waals surface area contributed by atoms with Crippen LogP contribution in [0, 0.1) is 0 Å². The third-order valence-electron chi connectivity index (χ3n) is 7.55. The topological polar surface area (TPSA) is 18.5 Å². The molecule has 2 nitrogen and oxygen atoms in total. The van der Waals surface area contributed by atoms with Crippen LogP contribution in [-0.4, -0.2) is 32.4 Å². The number of hydrogen-bond donors (Lipinski definition) is 0. The Morgan fingerprint density at radius 3 is 0.857 bits per heavy atom. The van der Waals surface area contributed by atoms with Gasteiger partial charge in [0.15, 0.2) is 0 Å². The van der Waals surface area contributed by atoms with Crippen LogP contribution < -0.4 is 0 Å². The Bertz CT molecular complexity index is 352. The molecule has 212 valence electrons. The molecule has 0 saturated heterocycles. The summed E-state index contributed by atoms with van der Waals surface area (Å²) in [7, 11) is 0. The summed E-state index contributed by atoms with van der Waals surface area (Å²) < 4.78 is 16.1. The maximum absolute atomic E-state index is 6.77. The van der Waals surface area contributed by atoms with Crippen molar-refractivity contribution < 1.29 is 6.15 Å². The molecule has 0 aliphatic heterocycles. The van der Waals surface area contributed by atoms with Crippen LogP contribution in [0.5, 0.6) is 0 Å². The molecule has 35 heavy (non-hydrogen) atoms. The van der Waals surface area contributed by atoms with E-state index in [-0.39, 0.29) is 0 Å². The van der Waals surface area contributed by atoms with Gasteiger partial charge in [-0.1, -0.05) is 0 Å². The average molecular weight is 604 g/mol. The van der Waals surface area contributed by atoms with Gasteiger partial charge in [-0.3, -0.25) is 0 Å². The fourth-order valence-electron chi connectivity index (χ4n) is 5.02. The van der Waals surface area contributed by atoms with E-state index in [0.717, 1.165) is 13.2 Å². The van der Waals surface area contributed by atoms with Crippen LogP contribution in [0.25, 0.3) is 0 Å². The molecular weight excluding hydrogens is 535 g/mol. The van der Waals surface area contributed by atoms with E-state index < -0.39 is 19.2 Å². The minimum absolute atomic E-state index is 0.953. The Balaban J connectivity index is 4.34. The van der Waals surface area contributed by atoms with Gasteiger partial charge in [0.1, 0.15) is 0 Å². The summed E-state index contributed by atoms with van der Waals surface area (Å²) in [5.74, 6) is 0. The van der Waals surface area contributed by atoms with Crippen LogP contribution in [0.1, 0.15) is 182 Å². The number of hydrogen-bond acceptors (Lipinski definition) is 2. The summed E-state index contributed by atoms with van der Waals surface area (Å²) in [5.41, 5.74) is 0. The Hall–Kier alpha value is 0.719. The van der Waals surface area contributed by atoms with Crippen molar-refractivity contribution >= 4 is 19.2 Å². The van der Waals surface area contributed by atoms with Crippen molar-refractivity contribution in [2.24, 2.45) is 0 Å². The van der Waals surface area contributed by atoms with Crippen molar-refractivity contribution in [1.29, 1.82) is 0 Å². The van der Waals surface area contributed by atoms with Gasteiger partial charge >= 0.3 is 229 Å². The predicted molar refractivity (Wildman–Crippen MR) is 161 cm³/mol. The first kappa shape index (κ1) is 35.7. The standard InChI is InChI=1S/2C12H25.2C4H9O.Sn/c2*1-3-5-7-9-11-12-10-8-6-4-2;2*1-2-3-4-5;/h2*1,3-12H2,2H3;2*2-4H2,1H3;/q;;2*-1;+2. The van der Waals surface area contributed by atoms with Gasteiger partial charge in [-0.15, -0.1) is 0 Å². The summed E-state index contributed by atoms with van der Waals surface area (Å²) in [5, 5.41) is 0. The van der Waals surface area contributed by atoms with E-state index >= 15 is 0 Å². The van der Waals surface area contributed by atoms with Crippen molar-refractivity contribution in [2.45, 2.75) is 191 Å². The van der Waals surface area contributed by atoms with E-state index in [4.69, 9.17) is 6.15 Å². The molecule has 0 heterocycles. The molecule has 0 aromatic carbocycles. The van der Waals surface area contributed by atoms with E-state index in [1.54, 1.807) is 0 Å². The summed E-state index contributed by atoms with van der Waals surface area (Å²) in [4.78, 5) is 0. The minimum atomic E-state index is -2.94. The molecule has 0 rings (SSSR count). The molecule has 0 amide bonds. The normalized spacial score (nSPS) is 12.0. The molecule has 0 N–H and O–H groups in total. The van der Waals surface area contributed by atoms with Crippen LogP contribution >= 0.6 is 0 Å². The second kappa shape index (κ2) is 29.3. The summed E-state index contributed by atoms with van der Waals surface area (Å²) in [6.07, 6.45) is 33.1. The SMILES string of the molecule is CCCCCCCCCCC[CH2][Sn]([CH2]CCCCCCCCCCC)([O]CCCC)[O]CCCC. The molecule has 0 aliphatic rings. The summed E-state index contributed by atoms with van der Waals surface area (Å²) in [6.45, 7) is 11.1. The van der Waals surface area contributed by atoms with Gasteiger partial charge in [-0.05, 0) is 0 Å². The third kappa shape index (κ3) is 24.8. The number of rotatable bonds is 30. The van der Waals surface area contributed by atoms with E-state index in [2.05, 4.69) is 27.7 Å². The van der Waals surface area contributed by atoms with Crippen molar-refractivity contribution in [3.8, 4) is 0 Å². The van der Waals surface area contributed by atoms with Crippen molar-refractivity contribution in [2.75, 3.05) is 13.2 Å². The first-order chi connectivity index (χ1) is 17.2. The van der Waals surface area contributed by atoms with Crippen molar-refractivity contribution in [3.05, 3.63) is 0 Å². The average Bonchev–Trinajstić information content (AvgIpc) is 2.86. The molecule has 0 aromatic heterocycles. The quantitative estimate of drug-likeness (QED) is 0.0601. The van der Waals surface area contributed by atoms with E-state index in [1.165, 1.54) is 163 Å². The van der Waals surface area contributed by atoms with Gasteiger partial charge in [0.05, 0.1) is 0 Å². The van der Waals surface area contributed by atoms with Crippen LogP contribution in [0.3, 0.4) is 0 Å². The third-order valence-corrected chi connectivity index (χ3v) is 18.1. The Morgan fingerprint density at radius 1 is 0.314 bits per heavy atom. The molecule has 3 heteroatoms. The molecule has 0 fully saturated rings. The fourth-order valence-corrected chi connectivity index (χ4v) is 15.1. The van der Waals surface area contributed by atoms with Crippen molar-refractivity contribution in [3.63, 3.8) is 0 Å². The summed E-state index contributed by atoms with van der Waals surface area (Å²) in [6, 6.07) is 0. The van der Waals surface area contributed by atoms with Crippen molar-refractivity contribution in [1.82, 2.24) is 0 Å². The van der Waals surface area contributed by atoms with Gasteiger partial charge < -0.3 is 0 Å². The Kier molecular flexibility index (Phi) is 29.9. The first-order valence-electron chi connectivity index (χ1n) is 16.5. The zero-order valence-electron chi connectivity index (χ0n) is 25.1. The van der Waals surface area contributed by atoms with Crippen LogP contribution in [0.15, 0.2) is 0 Å². The zero-order chi connectivity index (χ0) is 25.7. The van der Waals surface area contributed by atoms with E-state index in [0.29, 0.717) is 0 Å². The van der Waals surface area contributed by atoms with Crippen LogP contribution in [0.4, 0.5) is 0 Å². The van der Waals surface area contributed by atoms with E-state index in [9.17, 15) is 0 Å². The second-order valence-electron chi connectivity index (χ2n) is 11.2. The molecule has 0 aliphatic carbocycles. The van der Waals surface area contributed by atoms with Gasteiger partial charge in [-0.2, -0.15) is 0 Å². The maximum atomic E-state index is 6.77. The zero-order valence-corrected chi connectivity index (χ0v) is 28.0. The molecule has 0 bridgehead atoms. The van der Waals surface area contributed by atoms with E-state index in [1.807, 2.05) is 0 Å². The van der Waals surface area contributed by atoms with Gasteiger partial charge in [0, 0.05) is 0 Å². The van der Waals surface area contributed by atoms with Crippen LogP contribution in [-0.2, 0) is 6.15 Å². The Morgan fingerprint density at radius 2 is 0.571 bits per heavy atom. The Labute approximate surface area is 228 Å². The fraction of sp³-hybridized carbons (Fsp3) is 1.00. The molecule has 0 spiro atoms. The van der Waals surface area contributed by atoms with Crippen LogP contribution in [0.2, 0.25) is 8.87 Å². The monoisotopic (exact) mass is 604 g/mol. The van der Waals surface area contributed by atoms with Gasteiger partial charge in [-0.25, -0.2) is 0 Å². The van der Waals surface area contributed by atoms with Gasteiger partial charge in [0.25, 0.3) is 0 Å². The molecule has 0 atom stereocenters. The summed E-state index contributed by atoms with van der Waals surface area (Å²) >= 11 is -2.94. The molecule has 0 radical (unpaired) electrons. The van der Waals surface area contributed by atoms with Gasteiger partial charge in [0.2, 0.25) is 0 Å². The molecular formula is C32H68O2Sn. The predicted octanol–water partition coefficient (Wildman–Crippen LogP) is 11.9. The second-order valence-corrected chi connectivity index (χ2v) is 20.9.